The minimum absolute atomic E-state index is 0.0469. The van der Waals surface area contributed by atoms with Crippen LogP contribution in [0.5, 0.6) is 0 Å². The van der Waals surface area contributed by atoms with E-state index in [1.165, 1.54) is 0 Å². The molecule has 10 heteroatoms. The molecule has 202 valence electrons. The third kappa shape index (κ3) is 4.03. The summed E-state index contributed by atoms with van der Waals surface area (Å²) in [5.74, 6) is 1.10. The van der Waals surface area contributed by atoms with Gasteiger partial charge in [-0.2, -0.15) is 5.10 Å². The van der Waals surface area contributed by atoms with E-state index in [1.807, 2.05) is 75.4 Å². The van der Waals surface area contributed by atoms with E-state index >= 15 is 0 Å². The third-order valence-electron chi connectivity index (χ3n) is 7.69. The van der Waals surface area contributed by atoms with Gasteiger partial charge in [-0.25, -0.2) is 9.97 Å². The van der Waals surface area contributed by atoms with Gasteiger partial charge >= 0.3 is 0 Å². The number of hydrogen-bond acceptors (Lipinski definition) is 7. The topological polar surface area (TPSA) is 118 Å². The second kappa shape index (κ2) is 9.37. The summed E-state index contributed by atoms with van der Waals surface area (Å²) in [6.07, 6.45) is 9.03. The van der Waals surface area contributed by atoms with E-state index in [1.54, 1.807) is 29.3 Å². The Labute approximate surface area is 236 Å². The highest BCUT2D eigenvalue weighted by Gasteiger charge is 2.33. The van der Waals surface area contributed by atoms with Crippen molar-refractivity contribution >= 4 is 34.3 Å². The highest BCUT2D eigenvalue weighted by Crippen LogP contribution is 2.39. The minimum Gasteiger partial charge on any atom is -0.359 e. The molecule has 41 heavy (non-hydrogen) atoms. The van der Waals surface area contributed by atoms with Crippen molar-refractivity contribution in [3.63, 3.8) is 0 Å². The number of aromatic amines is 1. The molecule has 0 bridgehead atoms. The average molecular weight is 542 g/mol. The fourth-order valence-corrected chi connectivity index (χ4v) is 5.46. The molecule has 0 saturated carbocycles. The number of aryl methyl sites for hydroxylation is 4. The summed E-state index contributed by atoms with van der Waals surface area (Å²) in [7, 11) is 1.90. The maximum absolute atomic E-state index is 13.7. The molecule has 1 aliphatic rings. The number of nitrogens with one attached hydrogen (secondary N) is 2. The Hall–Kier alpha value is -5.38. The zero-order valence-electron chi connectivity index (χ0n) is 23.1. The summed E-state index contributed by atoms with van der Waals surface area (Å²) in [6.45, 7) is 6.41. The lowest BCUT2D eigenvalue weighted by atomic mass is 10.0. The van der Waals surface area contributed by atoms with E-state index < -0.39 is 0 Å². The molecule has 1 amide bonds. The summed E-state index contributed by atoms with van der Waals surface area (Å²) in [5, 5.41) is 8.63. The molecule has 0 unspecified atom stereocenters. The van der Waals surface area contributed by atoms with Gasteiger partial charge in [0.1, 0.15) is 0 Å². The number of pyridine rings is 2. The highest BCUT2D eigenvalue weighted by molar-refractivity contribution is 6.15. The predicted molar refractivity (Wildman–Crippen MR) is 158 cm³/mol. The Morgan fingerprint density at radius 1 is 0.927 bits per heavy atom. The number of rotatable bonds is 5. The summed E-state index contributed by atoms with van der Waals surface area (Å²) in [6, 6.07) is 11.7. The van der Waals surface area contributed by atoms with E-state index in [4.69, 9.17) is 4.98 Å². The van der Waals surface area contributed by atoms with Crippen LogP contribution in [0.1, 0.15) is 32.7 Å². The van der Waals surface area contributed by atoms with Crippen molar-refractivity contribution in [1.29, 1.82) is 0 Å². The van der Waals surface area contributed by atoms with Crippen LogP contribution in [0.4, 0.5) is 17.5 Å². The van der Waals surface area contributed by atoms with Crippen LogP contribution in [0.2, 0.25) is 0 Å². The van der Waals surface area contributed by atoms with Gasteiger partial charge in [-0.15, -0.1) is 0 Å². The van der Waals surface area contributed by atoms with E-state index in [2.05, 4.69) is 30.4 Å². The van der Waals surface area contributed by atoms with Gasteiger partial charge in [0, 0.05) is 77.4 Å². The molecule has 10 nitrogen and oxygen atoms in total. The van der Waals surface area contributed by atoms with Gasteiger partial charge in [-0.1, -0.05) is 12.1 Å². The minimum atomic E-state index is -0.0469. The molecule has 0 saturated heterocycles. The Morgan fingerprint density at radius 3 is 2.59 bits per heavy atom. The number of carbonyl (C=O) groups excluding carboxylic acids is 1. The van der Waals surface area contributed by atoms with Crippen LogP contribution in [0.3, 0.4) is 0 Å². The van der Waals surface area contributed by atoms with E-state index in [-0.39, 0.29) is 5.91 Å². The van der Waals surface area contributed by atoms with E-state index in [9.17, 15) is 4.79 Å². The molecule has 7 rings (SSSR count). The zero-order chi connectivity index (χ0) is 28.2. The van der Waals surface area contributed by atoms with Gasteiger partial charge in [0.2, 0.25) is 5.95 Å². The van der Waals surface area contributed by atoms with Gasteiger partial charge in [-0.05, 0) is 50.1 Å². The van der Waals surface area contributed by atoms with Crippen LogP contribution in [-0.2, 0) is 13.6 Å². The molecule has 6 aromatic rings. The lowest BCUT2D eigenvalue weighted by Crippen LogP contribution is -2.23. The van der Waals surface area contributed by atoms with E-state index in [0.717, 1.165) is 61.5 Å². The number of fused-ring (bicyclic) bond motifs is 2. The smallest absolute Gasteiger partial charge is 0.259 e. The first-order valence-electron chi connectivity index (χ1n) is 13.3. The third-order valence-corrected chi connectivity index (χ3v) is 7.69. The second-order valence-electron chi connectivity index (χ2n) is 10.3. The van der Waals surface area contributed by atoms with Crippen LogP contribution >= 0.6 is 0 Å². The lowest BCUT2D eigenvalue weighted by Gasteiger charge is -2.17. The fraction of sp³-hybridized carbons (Fsp3) is 0.161. The molecule has 0 spiro atoms. The first-order chi connectivity index (χ1) is 19.9. The summed E-state index contributed by atoms with van der Waals surface area (Å²) < 4.78 is 1.80. The molecule has 2 N–H and O–H groups in total. The van der Waals surface area contributed by atoms with Gasteiger partial charge in [0.05, 0.1) is 29.1 Å². The maximum Gasteiger partial charge on any atom is 0.259 e. The number of amides is 1. The van der Waals surface area contributed by atoms with Crippen LogP contribution in [0.25, 0.3) is 33.4 Å². The number of hydrogen-bond donors (Lipinski definition) is 2. The Bertz CT molecular complexity index is 1970. The molecule has 5 aromatic heterocycles. The molecular formula is C31H27N9O. The van der Waals surface area contributed by atoms with Gasteiger partial charge in [0.25, 0.3) is 5.91 Å². The van der Waals surface area contributed by atoms with Crippen molar-refractivity contribution in [3.8, 4) is 22.5 Å². The molecule has 0 atom stereocenters. The van der Waals surface area contributed by atoms with Crippen molar-refractivity contribution < 1.29 is 4.79 Å². The number of carbonyl (C=O) groups is 1. The highest BCUT2D eigenvalue weighted by atomic mass is 16.2. The Morgan fingerprint density at radius 2 is 1.78 bits per heavy atom. The van der Waals surface area contributed by atoms with Crippen LogP contribution in [0.15, 0.2) is 67.4 Å². The number of anilines is 3. The molecular weight excluding hydrogens is 514 g/mol. The zero-order valence-corrected chi connectivity index (χ0v) is 23.1. The molecule has 0 fully saturated rings. The fourth-order valence-electron chi connectivity index (χ4n) is 5.46. The van der Waals surface area contributed by atoms with Crippen molar-refractivity contribution in [1.82, 2.24) is 34.7 Å². The van der Waals surface area contributed by atoms with Crippen LogP contribution in [0, 0.1) is 20.8 Å². The van der Waals surface area contributed by atoms with Crippen molar-refractivity contribution in [2.75, 3.05) is 10.2 Å². The standard InChI is InChI=1S/C31H27N9O/c1-17-13-32-10-8-20(17)28-24-16-40(30(41)22(24)9-11-33-28)25-7-5-6-21-23(15-34-29(21)25)27-18(2)14-35-31(37-27)36-26-12-19(3)39(4)38-26/h5-15,34H,16H2,1-4H3,(H,35,36,37,38). The summed E-state index contributed by atoms with van der Waals surface area (Å²) in [5.41, 5.74) is 9.78. The van der Waals surface area contributed by atoms with E-state index in [0.29, 0.717) is 23.9 Å². The maximum atomic E-state index is 13.7. The molecule has 1 aromatic carbocycles. The number of nitrogens with zero attached hydrogens (tertiary/aromatic N) is 7. The molecule has 0 radical (unpaired) electrons. The first kappa shape index (κ1) is 24.6. The van der Waals surface area contributed by atoms with Gasteiger partial charge in [-0.3, -0.25) is 19.4 Å². The largest absolute Gasteiger partial charge is 0.359 e. The monoisotopic (exact) mass is 541 g/mol. The normalized spacial score (nSPS) is 12.8. The molecule has 6 heterocycles. The SMILES string of the molecule is Cc1cnccc1-c1nccc2c1CN(c1cccc3c(-c4nc(Nc5cc(C)n(C)n5)ncc4C)c[nH]c13)C2=O. The van der Waals surface area contributed by atoms with Crippen molar-refractivity contribution in [2.45, 2.75) is 27.3 Å². The second-order valence-corrected chi connectivity index (χ2v) is 10.3. The Balaban J connectivity index is 1.27. The van der Waals surface area contributed by atoms with Gasteiger partial charge < -0.3 is 15.2 Å². The number of para-hydroxylation sites is 1. The number of aromatic nitrogens is 7. The number of H-pyrrole nitrogens is 1. The first-order valence-corrected chi connectivity index (χ1v) is 13.3. The van der Waals surface area contributed by atoms with Crippen LogP contribution < -0.4 is 10.2 Å². The number of benzene rings is 1. The van der Waals surface area contributed by atoms with Crippen molar-refractivity contribution in [2.24, 2.45) is 7.05 Å². The quantitative estimate of drug-likeness (QED) is 0.290. The Kier molecular flexibility index (Phi) is 5.63. The summed E-state index contributed by atoms with van der Waals surface area (Å²) >= 11 is 0. The van der Waals surface area contributed by atoms with Gasteiger partial charge in [0.15, 0.2) is 5.82 Å². The van der Waals surface area contributed by atoms with Crippen molar-refractivity contribution in [3.05, 3.63) is 95.3 Å². The predicted octanol–water partition coefficient (Wildman–Crippen LogP) is 5.64. The average Bonchev–Trinajstić information content (AvgIpc) is 3.65. The molecule has 0 aliphatic carbocycles. The summed E-state index contributed by atoms with van der Waals surface area (Å²) in [4.78, 5) is 37.2. The lowest BCUT2D eigenvalue weighted by molar-refractivity contribution is 0.0997. The van der Waals surface area contributed by atoms with Crippen LogP contribution in [-0.4, -0.2) is 40.6 Å². The molecule has 1 aliphatic heterocycles.